The summed E-state index contributed by atoms with van der Waals surface area (Å²) < 4.78 is 0. The van der Waals surface area contributed by atoms with Gasteiger partial charge in [0, 0.05) is 25.0 Å². The van der Waals surface area contributed by atoms with E-state index in [2.05, 4.69) is 15.6 Å². The average molecular weight is 261 g/mol. The van der Waals surface area contributed by atoms with Gasteiger partial charge in [-0.2, -0.15) is 0 Å². The largest absolute Gasteiger partial charge is 0.381 e. The molecule has 19 heavy (non-hydrogen) atoms. The van der Waals surface area contributed by atoms with Crippen molar-refractivity contribution in [1.82, 2.24) is 10.3 Å². The van der Waals surface area contributed by atoms with Gasteiger partial charge in [0.05, 0.1) is 11.3 Å². The summed E-state index contributed by atoms with van der Waals surface area (Å²) in [5.74, 6) is -0.0401. The molecule has 1 amide bonds. The molecule has 2 N–H and O–H groups in total. The standard InChI is InChI=1S/C15H23N3O/c1-2-8-17-15(19)12-9-14(11-16-10-12)18-13-6-4-3-5-7-13/h9-11,13,18H,2-8H2,1H3,(H,17,19). The molecule has 0 aliphatic heterocycles. The lowest BCUT2D eigenvalue weighted by molar-refractivity contribution is 0.0953. The monoisotopic (exact) mass is 261 g/mol. The van der Waals surface area contributed by atoms with Crippen molar-refractivity contribution in [3.8, 4) is 0 Å². The number of aromatic nitrogens is 1. The van der Waals surface area contributed by atoms with Gasteiger partial charge in [-0.05, 0) is 25.3 Å². The van der Waals surface area contributed by atoms with Crippen molar-refractivity contribution >= 4 is 11.6 Å². The Balaban J connectivity index is 1.95. The van der Waals surface area contributed by atoms with E-state index in [4.69, 9.17) is 0 Å². The van der Waals surface area contributed by atoms with Crippen LogP contribution in [0.4, 0.5) is 5.69 Å². The van der Waals surface area contributed by atoms with Gasteiger partial charge >= 0.3 is 0 Å². The third kappa shape index (κ3) is 4.23. The third-order valence-electron chi connectivity index (χ3n) is 3.51. The number of hydrogen-bond donors (Lipinski definition) is 2. The van der Waals surface area contributed by atoms with E-state index in [1.54, 1.807) is 12.4 Å². The van der Waals surface area contributed by atoms with Crippen molar-refractivity contribution in [3.05, 3.63) is 24.0 Å². The van der Waals surface area contributed by atoms with Gasteiger partial charge in [-0.3, -0.25) is 9.78 Å². The molecular formula is C15H23N3O. The normalized spacial score (nSPS) is 16.1. The first-order chi connectivity index (χ1) is 9.29. The van der Waals surface area contributed by atoms with Crippen LogP contribution in [0.3, 0.4) is 0 Å². The zero-order valence-corrected chi connectivity index (χ0v) is 11.6. The molecule has 4 nitrogen and oxygen atoms in total. The number of amides is 1. The summed E-state index contributed by atoms with van der Waals surface area (Å²) in [5.41, 5.74) is 1.59. The molecule has 1 heterocycles. The first-order valence-corrected chi connectivity index (χ1v) is 7.29. The number of carbonyl (C=O) groups is 1. The van der Waals surface area contributed by atoms with Gasteiger partial charge in [-0.25, -0.2) is 0 Å². The Hall–Kier alpha value is -1.58. The van der Waals surface area contributed by atoms with Crippen LogP contribution in [-0.4, -0.2) is 23.5 Å². The Bertz CT molecular complexity index is 414. The molecule has 1 fully saturated rings. The lowest BCUT2D eigenvalue weighted by Crippen LogP contribution is -2.25. The summed E-state index contributed by atoms with van der Waals surface area (Å²) >= 11 is 0. The fourth-order valence-electron chi connectivity index (χ4n) is 2.47. The zero-order valence-electron chi connectivity index (χ0n) is 11.6. The maximum Gasteiger partial charge on any atom is 0.252 e. The highest BCUT2D eigenvalue weighted by Crippen LogP contribution is 2.21. The van der Waals surface area contributed by atoms with E-state index in [1.165, 1.54) is 32.1 Å². The number of nitrogens with zero attached hydrogens (tertiary/aromatic N) is 1. The summed E-state index contributed by atoms with van der Waals surface area (Å²) in [6, 6.07) is 2.43. The molecule has 0 atom stereocenters. The zero-order chi connectivity index (χ0) is 13.5. The number of carbonyl (C=O) groups excluding carboxylic acids is 1. The number of anilines is 1. The van der Waals surface area contributed by atoms with Crippen LogP contribution in [0, 0.1) is 0 Å². The van der Waals surface area contributed by atoms with Gasteiger partial charge in [-0.1, -0.05) is 26.2 Å². The van der Waals surface area contributed by atoms with E-state index in [-0.39, 0.29) is 5.91 Å². The third-order valence-corrected chi connectivity index (χ3v) is 3.51. The van der Waals surface area contributed by atoms with Gasteiger partial charge in [0.2, 0.25) is 0 Å². The van der Waals surface area contributed by atoms with E-state index in [0.717, 1.165) is 12.1 Å². The minimum absolute atomic E-state index is 0.0401. The molecule has 0 bridgehead atoms. The Labute approximate surface area is 115 Å². The van der Waals surface area contributed by atoms with Crippen molar-refractivity contribution in [3.63, 3.8) is 0 Å². The summed E-state index contributed by atoms with van der Waals surface area (Å²) in [6.07, 6.45) is 10.7. The predicted octanol–water partition coefficient (Wildman–Crippen LogP) is 2.97. The van der Waals surface area contributed by atoms with E-state index in [0.29, 0.717) is 18.2 Å². The lowest BCUT2D eigenvalue weighted by Gasteiger charge is -2.23. The molecule has 1 aromatic heterocycles. The highest BCUT2D eigenvalue weighted by Gasteiger charge is 2.14. The highest BCUT2D eigenvalue weighted by molar-refractivity contribution is 5.94. The average Bonchev–Trinajstić information content (AvgIpc) is 2.46. The fourth-order valence-corrected chi connectivity index (χ4v) is 2.47. The SMILES string of the molecule is CCCNC(=O)c1cncc(NC2CCCCC2)c1. The minimum atomic E-state index is -0.0401. The maximum absolute atomic E-state index is 11.9. The fraction of sp³-hybridized carbons (Fsp3) is 0.600. The van der Waals surface area contributed by atoms with Crippen LogP contribution in [-0.2, 0) is 0 Å². The molecule has 0 saturated heterocycles. The maximum atomic E-state index is 11.9. The molecule has 2 rings (SSSR count). The van der Waals surface area contributed by atoms with Gasteiger partial charge < -0.3 is 10.6 Å². The first-order valence-electron chi connectivity index (χ1n) is 7.29. The Morgan fingerprint density at radius 2 is 2.11 bits per heavy atom. The summed E-state index contributed by atoms with van der Waals surface area (Å²) in [4.78, 5) is 16.0. The van der Waals surface area contributed by atoms with Crippen LogP contribution in [0.1, 0.15) is 55.8 Å². The predicted molar refractivity (Wildman–Crippen MR) is 77.4 cm³/mol. The van der Waals surface area contributed by atoms with E-state index in [1.807, 2.05) is 13.0 Å². The molecule has 0 spiro atoms. The number of pyridine rings is 1. The van der Waals surface area contributed by atoms with Gasteiger partial charge in [0.15, 0.2) is 0 Å². The molecule has 1 aromatic rings. The Morgan fingerprint density at radius 3 is 2.84 bits per heavy atom. The van der Waals surface area contributed by atoms with Gasteiger partial charge in [0.25, 0.3) is 5.91 Å². The van der Waals surface area contributed by atoms with Crippen LogP contribution in [0.2, 0.25) is 0 Å². The topological polar surface area (TPSA) is 54.0 Å². The van der Waals surface area contributed by atoms with Crippen molar-refractivity contribution in [2.75, 3.05) is 11.9 Å². The smallest absolute Gasteiger partial charge is 0.252 e. The van der Waals surface area contributed by atoms with Crippen LogP contribution < -0.4 is 10.6 Å². The molecule has 104 valence electrons. The first kappa shape index (κ1) is 13.8. The highest BCUT2D eigenvalue weighted by atomic mass is 16.1. The van der Waals surface area contributed by atoms with Crippen LogP contribution in [0.25, 0.3) is 0 Å². The summed E-state index contributed by atoms with van der Waals surface area (Å²) in [5, 5.41) is 6.36. The van der Waals surface area contributed by atoms with Gasteiger partial charge in [0.1, 0.15) is 0 Å². The molecule has 0 radical (unpaired) electrons. The minimum Gasteiger partial charge on any atom is -0.381 e. The summed E-state index contributed by atoms with van der Waals surface area (Å²) in [7, 11) is 0. The van der Waals surface area contributed by atoms with Crippen molar-refractivity contribution in [2.24, 2.45) is 0 Å². The van der Waals surface area contributed by atoms with E-state index in [9.17, 15) is 4.79 Å². The van der Waals surface area contributed by atoms with Crippen molar-refractivity contribution in [2.45, 2.75) is 51.5 Å². The second-order valence-electron chi connectivity index (χ2n) is 5.20. The second kappa shape index (κ2) is 7.12. The molecule has 1 aliphatic rings. The molecule has 4 heteroatoms. The summed E-state index contributed by atoms with van der Waals surface area (Å²) in [6.45, 7) is 2.75. The Morgan fingerprint density at radius 1 is 1.32 bits per heavy atom. The number of nitrogens with one attached hydrogen (secondary N) is 2. The van der Waals surface area contributed by atoms with Gasteiger partial charge in [-0.15, -0.1) is 0 Å². The molecular weight excluding hydrogens is 238 g/mol. The van der Waals surface area contributed by atoms with Crippen LogP contribution in [0.15, 0.2) is 18.5 Å². The van der Waals surface area contributed by atoms with E-state index < -0.39 is 0 Å². The van der Waals surface area contributed by atoms with Crippen molar-refractivity contribution < 1.29 is 4.79 Å². The second-order valence-corrected chi connectivity index (χ2v) is 5.20. The Kier molecular flexibility index (Phi) is 5.19. The van der Waals surface area contributed by atoms with Crippen molar-refractivity contribution in [1.29, 1.82) is 0 Å². The number of hydrogen-bond acceptors (Lipinski definition) is 3. The quantitative estimate of drug-likeness (QED) is 0.856. The lowest BCUT2D eigenvalue weighted by atomic mass is 9.95. The molecule has 0 unspecified atom stereocenters. The molecule has 1 saturated carbocycles. The van der Waals surface area contributed by atoms with E-state index >= 15 is 0 Å². The van der Waals surface area contributed by atoms with Crippen LogP contribution >= 0.6 is 0 Å². The number of rotatable bonds is 5. The molecule has 1 aliphatic carbocycles. The molecule has 0 aromatic carbocycles. The van der Waals surface area contributed by atoms with Crippen LogP contribution in [0.5, 0.6) is 0 Å².